The van der Waals surface area contributed by atoms with Crippen LogP contribution in [0.25, 0.3) is 10.9 Å². The molecule has 1 N–H and O–H groups in total. The van der Waals surface area contributed by atoms with Crippen molar-refractivity contribution in [2.45, 2.75) is 6.54 Å². The average molecular weight is 235 g/mol. The van der Waals surface area contributed by atoms with E-state index in [1.165, 1.54) is 10.9 Å². The minimum atomic E-state index is 0.788. The fourth-order valence-electron chi connectivity index (χ4n) is 1.90. The van der Waals surface area contributed by atoms with Gasteiger partial charge in [-0.05, 0) is 29.8 Å². The summed E-state index contributed by atoms with van der Waals surface area (Å²) in [7, 11) is 0. The number of benzene rings is 1. The molecule has 88 valence electrons. The maximum Gasteiger partial charge on any atom is 0.0705 e. The van der Waals surface area contributed by atoms with Gasteiger partial charge in [-0.15, -0.1) is 0 Å². The van der Waals surface area contributed by atoms with Crippen LogP contribution in [0.2, 0.25) is 0 Å². The third-order valence-electron chi connectivity index (χ3n) is 2.85. The van der Waals surface area contributed by atoms with Crippen molar-refractivity contribution in [1.29, 1.82) is 0 Å². The Balaban J connectivity index is 1.79. The zero-order chi connectivity index (χ0) is 12.2. The third-order valence-corrected chi connectivity index (χ3v) is 2.85. The predicted molar refractivity (Wildman–Crippen MR) is 73.3 cm³/mol. The lowest BCUT2D eigenvalue weighted by Gasteiger charge is -2.06. The summed E-state index contributed by atoms with van der Waals surface area (Å²) in [5.74, 6) is 0. The van der Waals surface area contributed by atoms with E-state index in [1.807, 2.05) is 24.4 Å². The van der Waals surface area contributed by atoms with Gasteiger partial charge >= 0.3 is 0 Å². The zero-order valence-electron chi connectivity index (χ0n) is 9.88. The van der Waals surface area contributed by atoms with Gasteiger partial charge in [-0.25, -0.2) is 0 Å². The largest absolute Gasteiger partial charge is 0.381 e. The van der Waals surface area contributed by atoms with Gasteiger partial charge in [0.15, 0.2) is 0 Å². The minimum Gasteiger partial charge on any atom is -0.381 e. The number of hydrogen-bond donors (Lipinski definition) is 1. The summed E-state index contributed by atoms with van der Waals surface area (Å²) in [6, 6.07) is 14.3. The van der Waals surface area contributed by atoms with Crippen molar-refractivity contribution in [3.05, 3.63) is 66.6 Å². The molecular formula is C15H13N3. The number of rotatable bonds is 3. The summed E-state index contributed by atoms with van der Waals surface area (Å²) in [6.45, 7) is 0.788. The van der Waals surface area contributed by atoms with Crippen LogP contribution in [0.4, 0.5) is 5.69 Å². The van der Waals surface area contributed by atoms with Crippen LogP contribution < -0.4 is 5.32 Å². The number of fused-ring (bicyclic) bond motifs is 1. The van der Waals surface area contributed by atoms with E-state index in [-0.39, 0.29) is 0 Å². The lowest BCUT2D eigenvalue weighted by molar-refractivity contribution is 1.14. The Morgan fingerprint density at radius 2 is 1.83 bits per heavy atom. The molecule has 0 spiro atoms. The molecule has 0 radical (unpaired) electrons. The Morgan fingerprint density at radius 1 is 0.944 bits per heavy atom. The van der Waals surface area contributed by atoms with Crippen molar-refractivity contribution in [2.75, 3.05) is 5.32 Å². The fraction of sp³-hybridized carbons (Fsp3) is 0.0667. The molecule has 1 aromatic carbocycles. The van der Waals surface area contributed by atoms with Crippen molar-refractivity contribution < 1.29 is 0 Å². The summed E-state index contributed by atoms with van der Waals surface area (Å²) < 4.78 is 0. The molecule has 0 saturated heterocycles. The maximum atomic E-state index is 4.36. The smallest absolute Gasteiger partial charge is 0.0705 e. The highest BCUT2D eigenvalue weighted by molar-refractivity contribution is 5.78. The highest BCUT2D eigenvalue weighted by Crippen LogP contribution is 2.14. The van der Waals surface area contributed by atoms with E-state index in [1.54, 1.807) is 12.4 Å². The molecule has 0 unspecified atom stereocenters. The molecule has 0 atom stereocenters. The van der Waals surface area contributed by atoms with Crippen LogP contribution in [0.1, 0.15) is 5.56 Å². The number of nitrogens with zero attached hydrogens (tertiary/aromatic N) is 2. The second kappa shape index (κ2) is 4.84. The second-order valence-electron chi connectivity index (χ2n) is 4.12. The van der Waals surface area contributed by atoms with Gasteiger partial charge in [-0.1, -0.05) is 18.2 Å². The van der Waals surface area contributed by atoms with Crippen molar-refractivity contribution in [1.82, 2.24) is 9.97 Å². The summed E-state index contributed by atoms with van der Waals surface area (Å²) in [5, 5.41) is 4.53. The van der Waals surface area contributed by atoms with Crippen molar-refractivity contribution >= 4 is 16.6 Å². The molecule has 3 rings (SSSR count). The van der Waals surface area contributed by atoms with E-state index >= 15 is 0 Å². The van der Waals surface area contributed by atoms with Crippen molar-refractivity contribution in [2.24, 2.45) is 0 Å². The first-order valence-electron chi connectivity index (χ1n) is 5.89. The standard InChI is InChI=1S/C15H13N3/c1-2-13-4-3-12(10-15(13)17-7-1)11-18-14-5-8-16-9-6-14/h1-10H,11H2,(H,16,18). The van der Waals surface area contributed by atoms with Gasteiger partial charge in [0.2, 0.25) is 0 Å². The lowest BCUT2D eigenvalue weighted by atomic mass is 10.1. The van der Waals surface area contributed by atoms with E-state index < -0.39 is 0 Å². The van der Waals surface area contributed by atoms with Crippen molar-refractivity contribution in [3.8, 4) is 0 Å². The number of hydrogen-bond acceptors (Lipinski definition) is 3. The lowest BCUT2D eigenvalue weighted by Crippen LogP contribution is -1.99. The normalized spacial score (nSPS) is 10.4. The van der Waals surface area contributed by atoms with Gasteiger partial charge in [0, 0.05) is 36.2 Å². The Morgan fingerprint density at radius 3 is 2.72 bits per heavy atom. The zero-order valence-corrected chi connectivity index (χ0v) is 9.88. The van der Waals surface area contributed by atoms with Crippen LogP contribution in [0.3, 0.4) is 0 Å². The first-order chi connectivity index (χ1) is 8.92. The number of aromatic nitrogens is 2. The first kappa shape index (κ1) is 10.7. The molecule has 0 amide bonds. The molecule has 3 nitrogen and oxygen atoms in total. The highest BCUT2D eigenvalue weighted by Gasteiger charge is 1.97. The first-order valence-corrected chi connectivity index (χ1v) is 5.89. The van der Waals surface area contributed by atoms with E-state index in [4.69, 9.17) is 0 Å². The Hall–Kier alpha value is -2.42. The van der Waals surface area contributed by atoms with Gasteiger partial charge in [0.25, 0.3) is 0 Å². The molecule has 3 aromatic rings. The van der Waals surface area contributed by atoms with Crippen molar-refractivity contribution in [3.63, 3.8) is 0 Å². The highest BCUT2D eigenvalue weighted by atomic mass is 14.9. The van der Waals surface area contributed by atoms with Crippen LogP contribution in [0.15, 0.2) is 61.1 Å². The number of pyridine rings is 2. The molecule has 0 aliphatic rings. The predicted octanol–water partition coefficient (Wildman–Crippen LogP) is 3.24. The average Bonchev–Trinajstić information content (AvgIpc) is 2.46. The molecule has 18 heavy (non-hydrogen) atoms. The Kier molecular flexibility index (Phi) is 2.88. The molecule has 0 bridgehead atoms. The molecule has 0 aliphatic heterocycles. The Bertz CT molecular complexity index is 650. The van der Waals surface area contributed by atoms with E-state index in [0.717, 1.165) is 17.7 Å². The fourth-order valence-corrected chi connectivity index (χ4v) is 1.90. The topological polar surface area (TPSA) is 37.8 Å². The van der Waals surface area contributed by atoms with Crippen LogP contribution in [0, 0.1) is 0 Å². The molecule has 0 aliphatic carbocycles. The third kappa shape index (κ3) is 2.30. The molecular weight excluding hydrogens is 222 g/mol. The van der Waals surface area contributed by atoms with Gasteiger partial charge in [-0.2, -0.15) is 0 Å². The molecule has 3 heteroatoms. The van der Waals surface area contributed by atoms with E-state index in [9.17, 15) is 0 Å². The quantitative estimate of drug-likeness (QED) is 0.757. The molecule has 0 saturated carbocycles. The monoisotopic (exact) mass is 235 g/mol. The van der Waals surface area contributed by atoms with Gasteiger partial charge in [-0.3, -0.25) is 9.97 Å². The van der Waals surface area contributed by atoms with E-state index in [2.05, 4.69) is 39.6 Å². The van der Waals surface area contributed by atoms with Crippen LogP contribution >= 0.6 is 0 Å². The van der Waals surface area contributed by atoms with Gasteiger partial charge in [0.1, 0.15) is 0 Å². The van der Waals surface area contributed by atoms with Crippen LogP contribution in [-0.2, 0) is 6.54 Å². The maximum absolute atomic E-state index is 4.36. The van der Waals surface area contributed by atoms with Gasteiger partial charge in [0.05, 0.1) is 5.52 Å². The van der Waals surface area contributed by atoms with Gasteiger partial charge < -0.3 is 5.32 Å². The summed E-state index contributed by atoms with van der Waals surface area (Å²) >= 11 is 0. The molecule has 2 heterocycles. The Labute approximate surface area is 106 Å². The van der Waals surface area contributed by atoms with Crippen LogP contribution in [0.5, 0.6) is 0 Å². The summed E-state index contributed by atoms with van der Waals surface area (Å²) in [6.07, 6.45) is 5.39. The number of anilines is 1. The summed E-state index contributed by atoms with van der Waals surface area (Å²) in [5.41, 5.74) is 3.33. The minimum absolute atomic E-state index is 0.788. The second-order valence-corrected chi connectivity index (χ2v) is 4.12. The van der Waals surface area contributed by atoms with Crippen LogP contribution in [-0.4, -0.2) is 9.97 Å². The SMILES string of the molecule is c1cnc2cc(CNc3ccncc3)ccc2c1. The summed E-state index contributed by atoms with van der Waals surface area (Å²) in [4.78, 5) is 8.35. The molecule has 0 fully saturated rings. The number of nitrogens with one attached hydrogen (secondary N) is 1. The van der Waals surface area contributed by atoms with E-state index in [0.29, 0.717) is 0 Å². The molecule has 2 aromatic heterocycles.